The minimum absolute atomic E-state index is 0.448. The van der Waals surface area contributed by atoms with Crippen LogP contribution >= 0.6 is 12.2 Å². The molecule has 1 N–H and O–H groups in total. The van der Waals surface area contributed by atoms with E-state index in [0.29, 0.717) is 31.3 Å². The molecule has 1 heterocycles. The number of hydrogen-bond acceptors (Lipinski definition) is 3. The predicted octanol–water partition coefficient (Wildman–Crippen LogP) is 1.11. The first-order valence-electron chi connectivity index (χ1n) is 6.73. The van der Waals surface area contributed by atoms with Crippen molar-refractivity contribution in [3.63, 3.8) is 0 Å². The van der Waals surface area contributed by atoms with E-state index in [-0.39, 0.29) is 0 Å². The summed E-state index contributed by atoms with van der Waals surface area (Å²) in [6.07, 6.45) is 1.62. The third-order valence-corrected chi connectivity index (χ3v) is 5.36. The van der Waals surface area contributed by atoms with Gasteiger partial charge in [0.25, 0.3) is 0 Å². The first-order valence-corrected chi connectivity index (χ1v) is 8.64. The fourth-order valence-electron chi connectivity index (χ4n) is 2.12. The molecular formula is C14H19N3O2S2. The van der Waals surface area contributed by atoms with Crippen LogP contribution in [0.5, 0.6) is 0 Å². The number of nitrogens with one attached hydrogen (secondary N) is 1. The van der Waals surface area contributed by atoms with Crippen LogP contribution in [0.3, 0.4) is 0 Å². The molecule has 0 radical (unpaired) electrons. The molecule has 7 heteroatoms. The number of benzene rings is 1. The molecule has 5 nitrogen and oxygen atoms in total. The second-order valence-corrected chi connectivity index (χ2v) is 6.90. The van der Waals surface area contributed by atoms with E-state index < -0.39 is 10.0 Å². The van der Waals surface area contributed by atoms with Gasteiger partial charge >= 0.3 is 0 Å². The smallest absolute Gasteiger partial charge is 0.236 e. The number of nitrogens with zero attached hydrogens (tertiary/aromatic N) is 2. The second kappa shape index (κ2) is 7.02. The average molecular weight is 325 g/mol. The Labute approximate surface area is 131 Å². The van der Waals surface area contributed by atoms with Gasteiger partial charge in [0.2, 0.25) is 10.0 Å². The van der Waals surface area contributed by atoms with Gasteiger partial charge in [0, 0.05) is 38.6 Å². The average Bonchev–Trinajstić information content (AvgIpc) is 2.53. The minimum Gasteiger partial charge on any atom is -0.366 e. The van der Waals surface area contributed by atoms with E-state index >= 15 is 0 Å². The zero-order valence-electron chi connectivity index (χ0n) is 11.9. The van der Waals surface area contributed by atoms with Gasteiger partial charge in [-0.2, -0.15) is 4.31 Å². The summed E-state index contributed by atoms with van der Waals surface area (Å²) in [6.45, 7) is 2.11. The molecule has 114 valence electrons. The molecule has 1 saturated heterocycles. The highest BCUT2D eigenvalue weighted by atomic mass is 32.2. The predicted molar refractivity (Wildman–Crippen MR) is 89.2 cm³/mol. The molecule has 0 unspecified atom stereocenters. The van der Waals surface area contributed by atoms with Crippen LogP contribution in [0.15, 0.2) is 35.7 Å². The van der Waals surface area contributed by atoms with Crippen LogP contribution in [0.25, 0.3) is 6.08 Å². The molecular weight excluding hydrogens is 306 g/mol. The van der Waals surface area contributed by atoms with Crippen LogP contribution in [0.2, 0.25) is 0 Å². The van der Waals surface area contributed by atoms with Crippen molar-refractivity contribution in [2.45, 2.75) is 0 Å². The Kier molecular flexibility index (Phi) is 5.33. The van der Waals surface area contributed by atoms with Crippen LogP contribution in [0, 0.1) is 0 Å². The molecule has 0 saturated carbocycles. The SMILES string of the molecule is CNC(=S)N1CCN(S(=O)(=O)/C=C/c2ccccc2)CC1. The Morgan fingerprint density at radius 3 is 2.38 bits per heavy atom. The summed E-state index contributed by atoms with van der Waals surface area (Å²) in [5.41, 5.74) is 0.871. The second-order valence-electron chi connectivity index (χ2n) is 4.70. The lowest BCUT2D eigenvalue weighted by Crippen LogP contribution is -2.52. The maximum absolute atomic E-state index is 12.3. The number of hydrogen-bond donors (Lipinski definition) is 1. The van der Waals surface area contributed by atoms with E-state index in [1.807, 2.05) is 35.2 Å². The number of piperazine rings is 1. The maximum Gasteiger partial charge on any atom is 0.236 e. The van der Waals surface area contributed by atoms with E-state index in [1.165, 1.54) is 9.71 Å². The summed E-state index contributed by atoms with van der Waals surface area (Å²) in [6, 6.07) is 9.40. The standard InChI is InChI=1S/C14H19N3O2S2/c1-15-14(20)16-8-10-17(11-9-16)21(18,19)12-7-13-5-3-2-4-6-13/h2-7,12H,8-11H2,1H3,(H,15,20)/b12-7+. The fourth-order valence-corrected chi connectivity index (χ4v) is 3.47. The van der Waals surface area contributed by atoms with Crippen LogP contribution in [-0.2, 0) is 10.0 Å². The quantitative estimate of drug-likeness (QED) is 0.844. The van der Waals surface area contributed by atoms with Gasteiger partial charge < -0.3 is 10.2 Å². The van der Waals surface area contributed by atoms with E-state index in [4.69, 9.17) is 12.2 Å². The lowest BCUT2D eigenvalue weighted by atomic mass is 10.2. The minimum atomic E-state index is -3.37. The van der Waals surface area contributed by atoms with Gasteiger partial charge in [-0.3, -0.25) is 0 Å². The van der Waals surface area contributed by atoms with Crippen LogP contribution < -0.4 is 5.32 Å². The van der Waals surface area contributed by atoms with Gasteiger partial charge in [0.05, 0.1) is 0 Å². The lowest BCUT2D eigenvalue weighted by Gasteiger charge is -2.34. The Balaban J connectivity index is 1.99. The van der Waals surface area contributed by atoms with Crippen LogP contribution in [-0.4, -0.2) is 56.0 Å². The zero-order chi connectivity index (χ0) is 15.3. The molecule has 0 spiro atoms. The summed E-state index contributed by atoms with van der Waals surface area (Å²) in [5.74, 6) is 0. The molecule has 0 atom stereocenters. The summed E-state index contributed by atoms with van der Waals surface area (Å²) in [5, 5.41) is 4.84. The number of thiocarbonyl (C=S) groups is 1. The first kappa shape index (κ1) is 15.9. The van der Waals surface area contributed by atoms with Gasteiger partial charge in [0.15, 0.2) is 5.11 Å². The maximum atomic E-state index is 12.3. The van der Waals surface area contributed by atoms with Crippen molar-refractivity contribution in [1.82, 2.24) is 14.5 Å². The van der Waals surface area contributed by atoms with Crippen molar-refractivity contribution in [3.05, 3.63) is 41.3 Å². The van der Waals surface area contributed by atoms with E-state index in [9.17, 15) is 8.42 Å². The largest absolute Gasteiger partial charge is 0.366 e. The summed E-state index contributed by atoms with van der Waals surface area (Å²) >= 11 is 5.16. The van der Waals surface area contributed by atoms with Gasteiger partial charge in [-0.05, 0) is 23.9 Å². The van der Waals surface area contributed by atoms with Crippen LogP contribution in [0.4, 0.5) is 0 Å². The first-order chi connectivity index (χ1) is 10.0. The number of rotatable bonds is 3. The molecule has 1 aromatic rings. The Morgan fingerprint density at radius 2 is 1.81 bits per heavy atom. The van der Waals surface area contributed by atoms with Gasteiger partial charge in [-0.25, -0.2) is 8.42 Å². The topological polar surface area (TPSA) is 52.6 Å². The van der Waals surface area contributed by atoms with Gasteiger partial charge in [-0.15, -0.1) is 0 Å². The molecule has 0 aliphatic carbocycles. The highest BCUT2D eigenvalue weighted by molar-refractivity contribution is 7.92. The van der Waals surface area contributed by atoms with Crippen LogP contribution in [0.1, 0.15) is 5.56 Å². The molecule has 1 aromatic carbocycles. The molecule has 1 fully saturated rings. The highest BCUT2D eigenvalue weighted by Crippen LogP contribution is 2.11. The summed E-state index contributed by atoms with van der Waals surface area (Å²) in [7, 11) is -1.60. The van der Waals surface area contributed by atoms with Gasteiger partial charge in [-0.1, -0.05) is 30.3 Å². The normalized spacial score (nSPS) is 17.1. The van der Waals surface area contributed by atoms with E-state index in [2.05, 4.69) is 5.32 Å². The van der Waals surface area contributed by atoms with Crippen molar-refractivity contribution in [2.24, 2.45) is 0 Å². The Hall–Kier alpha value is -1.44. The Morgan fingerprint density at radius 1 is 1.19 bits per heavy atom. The van der Waals surface area contributed by atoms with E-state index in [0.717, 1.165) is 5.56 Å². The van der Waals surface area contributed by atoms with Crippen molar-refractivity contribution in [2.75, 3.05) is 33.2 Å². The fraction of sp³-hybridized carbons (Fsp3) is 0.357. The lowest BCUT2D eigenvalue weighted by molar-refractivity contribution is 0.267. The third kappa shape index (κ3) is 4.26. The molecule has 0 amide bonds. The van der Waals surface area contributed by atoms with Crippen molar-refractivity contribution in [3.8, 4) is 0 Å². The molecule has 1 aliphatic rings. The molecule has 2 rings (SSSR count). The van der Waals surface area contributed by atoms with Gasteiger partial charge in [0.1, 0.15) is 0 Å². The van der Waals surface area contributed by atoms with Crippen molar-refractivity contribution < 1.29 is 8.42 Å². The molecule has 21 heavy (non-hydrogen) atoms. The molecule has 0 aromatic heterocycles. The number of sulfonamides is 1. The highest BCUT2D eigenvalue weighted by Gasteiger charge is 2.25. The summed E-state index contributed by atoms with van der Waals surface area (Å²) in [4.78, 5) is 1.97. The summed E-state index contributed by atoms with van der Waals surface area (Å²) < 4.78 is 26.0. The van der Waals surface area contributed by atoms with E-state index in [1.54, 1.807) is 13.1 Å². The molecule has 1 aliphatic heterocycles. The zero-order valence-corrected chi connectivity index (χ0v) is 13.5. The van der Waals surface area contributed by atoms with Crippen molar-refractivity contribution in [1.29, 1.82) is 0 Å². The molecule has 0 bridgehead atoms. The third-order valence-electron chi connectivity index (χ3n) is 3.33. The van der Waals surface area contributed by atoms with Crippen molar-refractivity contribution >= 4 is 33.4 Å². The monoisotopic (exact) mass is 325 g/mol. The Bertz CT molecular complexity index is 606.